The Bertz CT molecular complexity index is 195. The van der Waals surface area contributed by atoms with Gasteiger partial charge in [-0.2, -0.15) is 11.8 Å². The lowest BCUT2D eigenvalue weighted by atomic mass is 9.96. The number of thioether (sulfide) groups is 1. The summed E-state index contributed by atoms with van der Waals surface area (Å²) >= 11 is 2.14. The van der Waals surface area contributed by atoms with Crippen LogP contribution in [0.15, 0.2) is 0 Å². The number of hydrogen-bond acceptors (Lipinski definition) is 2. The first-order valence-electron chi connectivity index (χ1n) is 6.63. The van der Waals surface area contributed by atoms with E-state index in [1.807, 2.05) is 0 Å². The van der Waals surface area contributed by atoms with Crippen molar-refractivity contribution in [1.82, 2.24) is 5.32 Å². The highest BCUT2D eigenvalue weighted by Gasteiger charge is 2.27. The van der Waals surface area contributed by atoms with Crippen LogP contribution in [0.3, 0.4) is 0 Å². The predicted molar refractivity (Wildman–Crippen MR) is 69.5 cm³/mol. The highest BCUT2D eigenvalue weighted by atomic mass is 32.2. The molecule has 4 unspecified atom stereocenters. The molecule has 0 radical (unpaired) electrons. The first-order valence-corrected chi connectivity index (χ1v) is 7.68. The van der Waals surface area contributed by atoms with E-state index in [-0.39, 0.29) is 0 Å². The fraction of sp³-hybridized carbons (Fsp3) is 1.00. The van der Waals surface area contributed by atoms with Crippen LogP contribution < -0.4 is 5.32 Å². The molecular weight excluding hydrogens is 202 g/mol. The lowest BCUT2D eigenvalue weighted by Gasteiger charge is -2.26. The molecule has 0 aromatic carbocycles. The first-order chi connectivity index (χ1) is 7.25. The van der Waals surface area contributed by atoms with E-state index in [0.29, 0.717) is 0 Å². The molecule has 1 saturated carbocycles. The van der Waals surface area contributed by atoms with E-state index >= 15 is 0 Å². The molecule has 0 amide bonds. The average molecular weight is 227 g/mol. The number of rotatable bonds is 2. The van der Waals surface area contributed by atoms with Crippen molar-refractivity contribution in [3.8, 4) is 0 Å². The van der Waals surface area contributed by atoms with E-state index in [2.05, 4.69) is 30.9 Å². The lowest BCUT2D eigenvalue weighted by molar-refractivity contribution is 0.327. The quantitative estimate of drug-likeness (QED) is 0.725. The van der Waals surface area contributed by atoms with Crippen molar-refractivity contribution < 1.29 is 0 Å². The van der Waals surface area contributed by atoms with Crippen molar-refractivity contribution in [3.05, 3.63) is 0 Å². The molecule has 2 heteroatoms. The third-order valence-electron chi connectivity index (χ3n) is 4.01. The van der Waals surface area contributed by atoms with Crippen LogP contribution in [-0.2, 0) is 0 Å². The molecule has 88 valence electrons. The Morgan fingerprint density at radius 2 is 1.87 bits per heavy atom. The summed E-state index contributed by atoms with van der Waals surface area (Å²) in [5.41, 5.74) is 0. The highest BCUT2D eigenvalue weighted by Crippen LogP contribution is 2.29. The molecular formula is C13H25NS. The van der Waals surface area contributed by atoms with E-state index < -0.39 is 0 Å². The molecule has 0 aromatic rings. The monoisotopic (exact) mass is 227 g/mol. The summed E-state index contributed by atoms with van der Waals surface area (Å²) in [6, 6.07) is 1.61. The van der Waals surface area contributed by atoms with E-state index in [9.17, 15) is 0 Å². The van der Waals surface area contributed by atoms with E-state index in [0.717, 1.165) is 23.3 Å². The largest absolute Gasteiger partial charge is 0.310 e. The molecule has 0 spiro atoms. The second-order valence-electron chi connectivity index (χ2n) is 5.47. The van der Waals surface area contributed by atoms with Gasteiger partial charge in [0.05, 0.1) is 0 Å². The van der Waals surface area contributed by atoms with Gasteiger partial charge in [-0.15, -0.1) is 0 Å². The van der Waals surface area contributed by atoms with E-state index in [4.69, 9.17) is 0 Å². The van der Waals surface area contributed by atoms with Crippen molar-refractivity contribution in [2.24, 2.45) is 5.92 Å². The maximum atomic E-state index is 3.92. The van der Waals surface area contributed by atoms with Crippen LogP contribution in [0.1, 0.15) is 52.4 Å². The van der Waals surface area contributed by atoms with Crippen molar-refractivity contribution in [3.63, 3.8) is 0 Å². The Balaban J connectivity index is 1.81. The van der Waals surface area contributed by atoms with Gasteiger partial charge in [0.2, 0.25) is 0 Å². The molecule has 1 heterocycles. The molecule has 2 rings (SSSR count). The zero-order chi connectivity index (χ0) is 10.7. The molecule has 15 heavy (non-hydrogen) atoms. The van der Waals surface area contributed by atoms with Gasteiger partial charge in [-0.05, 0) is 25.2 Å². The zero-order valence-corrected chi connectivity index (χ0v) is 11.0. The predicted octanol–water partition coefficient (Wildman–Crippen LogP) is 3.44. The van der Waals surface area contributed by atoms with Gasteiger partial charge < -0.3 is 5.32 Å². The molecule has 2 aliphatic rings. The smallest absolute Gasteiger partial charge is 0.0171 e. The number of nitrogens with one attached hydrogen (secondary N) is 1. The molecule has 0 aromatic heterocycles. The molecule has 1 aliphatic heterocycles. The van der Waals surface area contributed by atoms with Gasteiger partial charge in [0, 0.05) is 23.1 Å². The normalized spacial score (nSPS) is 42.8. The van der Waals surface area contributed by atoms with Gasteiger partial charge in [0.1, 0.15) is 0 Å². The zero-order valence-electron chi connectivity index (χ0n) is 10.2. The summed E-state index contributed by atoms with van der Waals surface area (Å²) in [6.07, 6.45) is 8.59. The minimum atomic E-state index is 0.801. The molecule has 2 fully saturated rings. The van der Waals surface area contributed by atoms with Crippen molar-refractivity contribution in [2.75, 3.05) is 5.75 Å². The summed E-state index contributed by atoms with van der Waals surface area (Å²) < 4.78 is 0. The highest BCUT2D eigenvalue weighted by molar-refractivity contribution is 8.00. The van der Waals surface area contributed by atoms with Gasteiger partial charge in [-0.25, -0.2) is 0 Å². The van der Waals surface area contributed by atoms with Gasteiger partial charge in [-0.1, -0.05) is 33.1 Å². The van der Waals surface area contributed by atoms with Crippen molar-refractivity contribution in [1.29, 1.82) is 0 Å². The third kappa shape index (κ3) is 3.39. The average Bonchev–Trinajstić information content (AvgIpc) is 2.50. The second-order valence-corrected chi connectivity index (χ2v) is 6.94. The molecule has 0 bridgehead atoms. The Labute approximate surface area is 98.8 Å². The first kappa shape index (κ1) is 11.8. The Morgan fingerprint density at radius 1 is 1.07 bits per heavy atom. The Kier molecular flexibility index (Phi) is 4.39. The van der Waals surface area contributed by atoms with Crippen LogP contribution >= 0.6 is 11.8 Å². The summed E-state index contributed by atoms with van der Waals surface area (Å²) in [5, 5.41) is 4.80. The number of hydrogen-bond donors (Lipinski definition) is 1. The SMILES string of the molecule is CC1CC(NC2CCCCCC2C)CS1. The van der Waals surface area contributed by atoms with Crippen LogP contribution in [0.4, 0.5) is 0 Å². The van der Waals surface area contributed by atoms with Gasteiger partial charge in [-0.3, -0.25) is 0 Å². The Hall–Kier alpha value is 0.310. The fourth-order valence-corrected chi connectivity index (χ4v) is 4.14. The summed E-state index contributed by atoms with van der Waals surface area (Å²) in [4.78, 5) is 0. The van der Waals surface area contributed by atoms with Crippen LogP contribution in [0.5, 0.6) is 0 Å². The summed E-state index contributed by atoms with van der Waals surface area (Å²) in [7, 11) is 0. The van der Waals surface area contributed by atoms with Crippen molar-refractivity contribution >= 4 is 11.8 Å². The van der Waals surface area contributed by atoms with E-state index in [1.54, 1.807) is 0 Å². The lowest BCUT2D eigenvalue weighted by Crippen LogP contribution is -2.41. The Morgan fingerprint density at radius 3 is 2.60 bits per heavy atom. The van der Waals surface area contributed by atoms with Crippen LogP contribution in [0.25, 0.3) is 0 Å². The minimum absolute atomic E-state index is 0.801. The van der Waals surface area contributed by atoms with Crippen LogP contribution in [0.2, 0.25) is 0 Å². The topological polar surface area (TPSA) is 12.0 Å². The molecule has 1 aliphatic carbocycles. The molecule has 1 N–H and O–H groups in total. The maximum Gasteiger partial charge on any atom is 0.0171 e. The molecule has 1 saturated heterocycles. The standard InChI is InChI=1S/C13H25NS/c1-10-6-4-3-5-7-13(10)14-12-8-11(2)15-9-12/h10-14H,3-9H2,1-2H3. The third-order valence-corrected chi connectivity index (χ3v) is 5.37. The minimum Gasteiger partial charge on any atom is -0.310 e. The van der Waals surface area contributed by atoms with Gasteiger partial charge in [0.25, 0.3) is 0 Å². The van der Waals surface area contributed by atoms with Gasteiger partial charge >= 0.3 is 0 Å². The summed E-state index contributed by atoms with van der Waals surface area (Å²) in [5.74, 6) is 2.23. The van der Waals surface area contributed by atoms with Crippen LogP contribution in [-0.4, -0.2) is 23.1 Å². The van der Waals surface area contributed by atoms with Crippen LogP contribution in [0, 0.1) is 5.92 Å². The molecule has 4 atom stereocenters. The maximum absolute atomic E-state index is 3.92. The van der Waals surface area contributed by atoms with E-state index in [1.165, 1.54) is 44.3 Å². The second kappa shape index (κ2) is 5.58. The summed E-state index contributed by atoms with van der Waals surface area (Å²) in [6.45, 7) is 4.80. The van der Waals surface area contributed by atoms with Gasteiger partial charge in [0.15, 0.2) is 0 Å². The van der Waals surface area contributed by atoms with Crippen molar-refractivity contribution in [2.45, 2.75) is 69.7 Å². The molecule has 1 nitrogen and oxygen atoms in total. The fourth-order valence-electron chi connectivity index (χ4n) is 2.98.